The van der Waals surface area contributed by atoms with Gasteiger partial charge in [0, 0.05) is 22.3 Å². The maximum Gasteiger partial charge on any atom is 0.443 e. The third-order valence-electron chi connectivity index (χ3n) is 8.75. The first kappa shape index (κ1) is 34.4. The molecule has 0 atom stereocenters. The molecule has 16 heteroatoms. The molecule has 0 spiro atoms. The first-order valence-corrected chi connectivity index (χ1v) is 14.3. The van der Waals surface area contributed by atoms with Gasteiger partial charge in [-0.2, -0.15) is 65.9 Å². The minimum absolute atomic E-state index is 0.545. The number of benzene rings is 4. The second-order valence-electron chi connectivity index (χ2n) is 11.6. The van der Waals surface area contributed by atoms with Gasteiger partial charge in [-0.05, 0) is 61.2 Å². The lowest BCUT2D eigenvalue weighted by atomic mass is 9.82. The van der Waals surface area contributed by atoms with Crippen LogP contribution in [0.3, 0.4) is 0 Å². The number of hydrogen-bond acceptors (Lipinski definition) is 0. The Morgan fingerprint density at radius 2 is 0.529 bits per heavy atom. The number of rotatable bonds is 0. The highest BCUT2D eigenvalue weighted by molar-refractivity contribution is 6.23. The fraction of sp³-hybridized carbons (Fsp3) is 0.143. The lowest BCUT2D eigenvalue weighted by Crippen LogP contribution is -2.28. The maximum absolute atomic E-state index is 15.7. The summed E-state index contributed by atoms with van der Waals surface area (Å²) in [6.45, 7) is 0. The van der Waals surface area contributed by atoms with Crippen LogP contribution >= 0.6 is 0 Å². The minimum Gasteiger partial charge on any atom is -0.201 e. The van der Waals surface area contributed by atoms with Crippen molar-refractivity contribution in [3.8, 4) is 33.4 Å². The van der Waals surface area contributed by atoms with Crippen molar-refractivity contribution in [3.05, 3.63) is 123 Å². The predicted octanol–water partition coefficient (Wildman–Crippen LogP) is 12.8. The molecule has 3 aliphatic rings. The third-order valence-corrected chi connectivity index (χ3v) is 8.75. The number of fused-ring (bicyclic) bond motifs is 12. The molecule has 4 aromatic carbocycles. The molecule has 7 rings (SSSR count). The summed E-state index contributed by atoms with van der Waals surface area (Å²) in [4.78, 5) is 0. The van der Waals surface area contributed by atoms with Crippen LogP contribution in [-0.4, -0.2) is 30.9 Å². The van der Waals surface area contributed by atoms with Gasteiger partial charge in [-0.3, -0.25) is 0 Å². The SMILES string of the molecule is FC(=C1c2ccccc2-c2c1c1c(c3c2C(=C(C(F)(F)F)C(F)(F)F)c2ccccc2-3)C(=C(C(F)(F)F)C(F)(F)F)c2ccccc2-1)C(F)(F)F. The Balaban J connectivity index is 1.90. The molecule has 3 aliphatic carbocycles. The smallest absolute Gasteiger partial charge is 0.201 e. The van der Waals surface area contributed by atoms with Crippen LogP contribution < -0.4 is 0 Å². The van der Waals surface area contributed by atoms with E-state index < -0.39 is 131 Å². The topological polar surface area (TPSA) is 0 Å². The molecule has 264 valence electrons. The molecule has 0 aliphatic heterocycles. The van der Waals surface area contributed by atoms with Gasteiger partial charge < -0.3 is 0 Å². The summed E-state index contributed by atoms with van der Waals surface area (Å²) >= 11 is 0. The van der Waals surface area contributed by atoms with E-state index in [2.05, 4.69) is 0 Å². The second-order valence-corrected chi connectivity index (χ2v) is 11.6. The molecule has 0 heterocycles. The Hall–Kier alpha value is -5.02. The summed E-state index contributed by atoms with van der Waals surface area (Å²) in [5, 5.41) is 0. The van der Waals surface area contributed by atoms with Crippen LogP contribution in [-0.2, 0) is 0 Å². The van der Waals surface area contributed by atoms with Crippen molar-refractivity contribution in [1.82, 2.24) is 0 Å². The average molecular weight is 736 g/mol. The molecule has 0 unspecified atom stereocenters. The average Bonchev–Trinajstić information content (AvgIpc) is 3.60. The minimum atomic E-state index is -6.28. The highest BCUT2D eigenvalue weighted by atomic mass is 19.4. The highest BCUT2D eigenvalue weighted by Gasteiger charge is 2.58. The normalized spacial score (nSPS) is 16.0. The summed E-state index contributed by atoms with van der Waals surface area (Å²) in [5.74, 6) is -2.94. The van der Waals surface area contributed by atoms with E-state index in [4.69, 9.17) is 0 Å². The lowest BCUT2D eigenvalue weighted by Gasteiger charge is -2.23. The Morgan fingerprint density at radius 1 is 0.294 bits per heavy atom. The molecular weight excluding hydrogens is 724 g/mol. The third kappa shape index (κ3) is 4.92. The zero-order valence-corrected chi connectivity index (χ0v) is 24.5. The molecule has 0 fully saturated rings. The molecule has 0 bridgehead atoms. The van der Waals surface area contributed by atoms with Gasteiger partial charge in [0.15, 0.2) is 0 Å². The zero-order chi connectivity index (χ0) is 37.4. The van der Waals surface area contributed by atoms with Gasteiger partial charge in [0.05, 0.1) is 0 Å². The van der Waals surface area contributed by atoms with Crippen molar-refractivity contribution in [2.24, 2.45) is 0 Å². The van der Waals surface area contributed by atoms with Crippen LogP contribution in [0.5, 0.6) is 0 Å². The monoisotopic (exact) mass is 736 g/mol. The predicted molar refractivity (Wildman–Crippen MR) is 152 cm³/mol. The van der Waals surface area contributed by atoms with E-state index in [0.29, 0.717) is 0 Å². The molecule has 4 aromatic rings. The van der Waals surface area contributed by atoms with Gasteiger partial charge in [0.25, 0.3) is 0 Å². The van der Waals surface area contributed by atoms with Crippen molar-refractivity contribution < 1.29 is 70.2 Å². The van der Waals surface area contributed by atoms with E-state index in [1.807, 2.05) is 0 Å². The largest absolute Gasteiger partial charge is 0.443 e. The van der Waals surface area contributed by atoms with Gasteiger partial charge in [-0.15, -0.1) is 0 Å². The van der Waals surface area contributed by atoms with Crippen molar-refractivity contribution in [1.29, 1.82) is 0 Å². The van der Waals surface area contributed by atoms with Crippen molar-refractivity contribution in [2.45, 2.75) is 30.9 Å². The Bertz CT molecular complexity index is 2190. The van der Waals surface area contributed by atoms with Crippen LogP contribution in [0.1, 0.15) is 33.4 Å². The molecule has 0 saturated heterocycles. The van der Waals surface area contributed by atoms with Crippen LogP contribution in [0.25, 0.3) is 50.1 Å². The van der Waals surface area contributed by atoms with E-state index in [0.717, 1.165) is 72.8 Å². The van der Waals surface area contributed by atoms with Crippen LogP contribution in [0.2, 0.25) is 0 Å². The molecule has 0 N–H and O–H groups in total. The Kier molecular flexibility index (Phi) is 7.10. The molecule has 51 heavy (non-hydrogen) atoms. The van der Waals surface area contributed by atoms with Crippen LogP contribution in [0.4, 0.5) is 70.2 Å². The number of allylic oxidation sites excluding steroid dienone is 3. The fourth-order valence-electron chi connectivity index (χ4n) is 7.25. The second kappa shape index (κ2) is 10.5. The fourth-order valence-corrected chi connectivity index (χ4v) is 7.25. The standard InChI is InChI=1S/C35H12F16/c36-30(35(49,50)51)24-18-12-6-3-9-15(18)21-26-19(13-7-1-4-10-16(13)22(26)28(31(37,38)39)32(40,41)42)25-20(27(21)24)14-8-2-5-11-17(14)23(25)29(33(43,44)45)34(46,47)48/h1-12H. The van der Waals surface area contributed by atoms with E-state index >= 15 is 4.39 Å². The first-order chi connectivity index (χ1) is 23.5. The molecule has 0 amide bonds. The van der Waals surface area contributed by atoms with Crippen molar-refractivity contribution >= 4 is 16.7 Å². The first-order valence-electron chi connectivity index (χ1n) is 14.3. The van der Waals surface area contributed by atoms with Crippen LogP contribution in [0, 0.1) is 0 Å². The highest BCUT2D eigenvalue weighted by Crippen LogP contribution is 2.67. The molecule has 0 aromatic heterocycles. The molecule has 0 radical (unpaired) electrons. The van der Waals surface area contributed by atoms with E-state index in [1.54, 1.807) is 0 Å². The number of halogens is 16. The van der Waals surface area contributed by atoms with Gasteiger partial charge in [-0.1, -0.05) is 72.8 Å². The quantitative estimate of drug-likeness (QED) is 0.136. The van der Waals surface area contributed by atoms with Gasteiger partial charge >= 0.3 is 30.9 Å². The lowest BCUT2D eigenvalue weighted by molar-refractivity contribution is -0.172. The summed E-state index contributed by atoms with van der Waals surface area (Å²) in [7, 11) is 0. The summed E-state index contributed by atoms with van der Waals surface area (Å²) < 4.78 is 233. The molecule has 0 nitrogen and oxygen atoms in total. The molecular formula is C35H12F16. The van der Waals surface area contributed by atoms with Crippen molar-refractivity contribution in [3.63, 3.8) is 0 Å². The number of hydrogen-bond donors (Lipinski definition) is 0. The van der Waals surface area contributed by atoms with E-state index in [1.165, 1.54) is 0 Å². The summed E-state index contributed by atoms with van der Waals surface area (Å²) in [6.07, 6.45) is -31.0. The van der Waals surface area contributed by atoms with Gasteiger partial charge in [0.1, 0.15) is 11.1 Å². The summed E-state index contributed by atoms with van der Waals surface area (Å²) in [6, 6.07) is 11.3. The zero-order valence-electron chi connectivity index (χ0n) is 24.5. The molecule has 0 saturated carbocycles. The van der Waals surface area contributed by atoms with Gasteiger partial charge in [-0.25, -0.2) is 4.39 Å². The van der Waals surface area contributed by atoms with E-state index in [9.17, 15) is 65.9 Å². The number of alkyl halides is 15. The van der Waals surface area contributed by atoms with Crippen LogP contribution in [0.15, 0.2) is 89.8 Å². The van der Waals surface area contributed by atoms with E-state index in [-0.39, 0.29) is 0 Å². The maximum atomic E-state index is 15.7. The van der Waals surface area contributed by atoms with Gasteiger partial charge in [0.2, 0.25) is 5.83 Å². The summed E-state index contributed by atoms with van der Waals surface area (Å²) in [5.41, 5.74) is -22.2. The van der Waals surface area contributed by atoms with Crippen molar-refractivity contribution in [2.75, 3.05) is 0 Å². The Morgan fingerprint density at radius 3 is 0.784 bits per heavy atom. The Labute approximate surface area is 274 Å².